The molecule has 3 amide bonds. The summed E-state index contributed by atoms with van der Waals surface area (Å²) in [5.41, 5.74) is 9.14. The maximum Gasteiger partial charge on any atom is 0.243 e. The summed E-state index contributed by atoms with van der Waals surface area (Å²) in [6, 6.07) is 17.6. The molecular formula is C26H31N5O3. The zero-order valence-electron chi connectivity index (χ0n) is 19.3. The van der Waals surface area contributed by atoms with E-state index in [0.29, 0.717) is 12.2 Å². The lowest BCUT2D eigenvalue weighted by Gasteiger charge is -2.30. The number of primary amides is 1. The predicted octanol–water partition coefficient (Wildman–Crippen LogP) is 2.74. The minimum Gasteiger partial charge on any atom is -0.369 e. The van der Waals surface area contributed by atoms with E-state index in [1.165, 1.54) is 5.01 Å². The number of carbonyl (C=O) groups is 3. The minimum atomic E-state index is -0.212. The van der Waals surface area contributed by atoms with Crippen LogP contribution in [0.2, 0.25) is 0 Å². The van der Waals surface area contributed by atoms with E-state index in [9.17, 15) is 14.4 Å². The normalized spacial score (nSPS) is 16.8. The van der Waals surface area contributed by atoms with Gasteiger partial charge in [-0.3, -0.25) is 19.3 Å². The van der Waals surface area contributed by atoms with Crippen molar-refractivity contribution in [3.05, 3.63) is 65.7 Å². The molecule has 8 heteroatoms. The average molecular weight is 462 g/mol. The second kappa shape index (κ2) is 11.1. The summed E-state index contributed by atoms with van der Waals surface area (Å²) in [6.45, 7) is 2.96. The number of anilines is 1. The summed E-state index contributed by atoms with van der Waals surface area (Å²) in [5.74, 6) is -0.579. The third-order valence-electron chi connectivity index (χ3n) is 6.37. The first-order valence-electron chi connectivity index (χ1n) is 11.8. The lowest BCUT2D eigenvalue weighted by Crippen LogP contribution is -2.38. The molecule has 2 aliphatic heterocycles. The van der Waals surface area contributed by atoms with Gasteiger partial charge in [0.15, 0.2) is 0 Å². The van der Waals surface area contributed by atoms with Crippen molar-refractivity contribution >= 4 is 29.1 Å². The number of carbonyl (C=O) groups excluding carboxylic acids is 3. The molecule has 2 aromatic rings. The van der Waals surface area contributed by atoms with Crippen LogP contribution in [0.25, 0.3) is 0 Å². The van der Waals surface area contributed by atoms with Gasteiger partial charge in [-0.25, -0.2) is 5.01 Å². The molecule has 1 fully saturated rings. The number of rotatable bonds is 8. The Morgan fingerprint density at radius 3 is 2.47 bits per heavy atom. The van der Waals surface area contributed by atoms with Gasteiger partial charge < -0.3 is 11.1 Å². The summed E-state index contributed by atoms with van der Waals surface area (Å²) in [5, 5.41) is 8.81. The van der Waals surface area contributed by atoms with Gasteiger partial charge in [-0.05, 0) is 49.2 Å². The van der Waals surface area contributed by atoms with E-state index in [2.05, 4.69) is 15.3 Å². The molecule has 3 N–H and O–H groups in total. The lowest BCUT2D eigenvalue weighted by atomic mass is 9.96. The highest BCUT2D eigenvalue weighted by molar-refractivity contribution is 6.02. The van der Waals surface area contributed by atoms with Crippen molar-refractivity contribution in [2.75, 3.05) is 25.0 Å². The first-order chi connectivity index (χ1) is 16.5. The van der Waals surface area contributed by atoms with Crippen LogP contribution in [0.3, 0.4) is 0 Å². The molecule has 2 heterocycles. The van der Waals surface area contributed by atoms with E-state index >= 15 is 0 Å². The Morgan fingerprint density at radius 1 is 0.971 bits per heavy atom. The smallest absolute Gasteiger partial charge is 0.243 e. The standard InChI is InChI=1S/C26H31N5O3/c27-26(34)21-11-14-30(15-12-21)18-19-5-4-8-22(17-19)28-24(32)9-10-25(33)31-16-13-23(29-31)20-6-2-1-3-7-20/h1-8,17,21H,9-16,18H2,(H2,27,34)(H,28,32). The highest BCUT2D eigenvalue weighted by atomic mass is 16.2. The number of amides is 3. The molecule has 0 radical (unpaired) electrons. The number of hydrogen-bond donors (Lipinski definition) is 2. The lowest BCUT2D eigenvalue weighted by molar-refractivity contribution is -0.132. The third-order valence-corrected chi connectivity index (χ3v) is 6.37. The number of benzene rings is 2. The first-order valence-corrected chi connectivity index (χ1v) is 11.8. The van der Waals surface area contributed by atoms with Crippen LogP contribution in [0.4, 0.5) is 5.69 Å². The molecule has 2 aliphatic rings. The molecule has 0 atom stereocenters. The number of piperidine rings is 1. The number of hydrogen-bond acceptors (Lipinski definition) is 5. The average Bonchev–Trinajstić information content (AvgIpc) is 3.34. The van der Waals surface area contributed by atoms with E-state index in [1.54, 1.807) is 0 Å². The maximum atomic E-state index is 12.5. The van der Waals surface area contributed by atoms with Gasteiger partial charge in [0.05, 0.1) is 12.3 Å². The van der Waals surface area contributed by atoms with Gasteiger partial charge in [-0.15, -0.1) is 0 Å². The van der Waals surface area contributed by atoms with Crippen molar-refractivity contribution in [1.29, 1.82) is 0 Å². The van der Waals surface area contributed by atoms with Crippen LogP contribution < -0.4 is 11.1 Å². The highest BCUT2D eigenvalue weighted by Crippen LogP contribution is 2.20. The van der Waals surface area contributed by atoms with Crippen molar-refractivity contribution in [1.82, 2.24) is 9.91 Å². The first kappa shape index (κ1) is 23.6. The van der Waals surface area contributed by atoms with Crippen LogP contribution in [0.1, 0.15) is 43.2 Å². The largest absolute Gasteiger partial charge is 0.369 e. The summed E-state index contributed by atoms with van der Waals surface area (Å²) >= 11 is 0. The summed E-state index contributed by atoms with van der Waals surface area (Å²) < 4.78 is 0. The van der Waals surface area contributed by atoms with Crippen LogP contribution >= 0.6 is 0 Å². The molecule has 2 aromatic carbocycles. The van der Waals surface area contributed by atoms with Crippen molar-refractivity contribution in [2.45, 2.75) is 38.6 Å². The third kappa shape index (κ3) is 6.29. The Labute approximate surface area is 199 Å². The van der Waals surface area contributed by atoms with Crippen LogP contribution in [0.15, 0.2) is 59.7 Å². The molecule has 4 rings (SSSR count). The zero-order valence-corrected chi connectivity index (χ0v) is 19.3. The quantitative estimate of drug-likeness (QED) is 0.630. The fourth-order valence-electron chi connectivity index (χ4n) is 4.42. The van der Waals surface area contributed by atoms with Crippen LogP contribution in [-0.2, 0) is 20.9 Å². The summed E-state index contributed by atoms with van der Waals surface area (Å²) in [6.07, 6.45) is 2.51. The summed E-state index contributed by atoms with van der Waals surface area (Å²) in [7, 11) is 0. The Kier molecular flexibility index (Phi) is 7.69. The molecule has 34 heavy (non-hydrogen) atoms. The van der Waals surface area contributed by atoms with Crippen LogP contribution in [0, 0.1) is 5.92 Å². The topological polar surface area (TPSA) is 108 Å². The fraction of sp³-hybridized carbons (Fsp3) is 0.385. The second-order valence-electron chi connectivity index (χ2n) is 8.88. The van der Waals surface area contributed by atoms with Crippen molar-refractivity contribution in [3.63, 3.8) is 0 Å². The number of nitrogens with two attached hydrogens (primary N) is 1. The van der Waals surface area contributed by atoms with E-state index in [1.807, 2.05) is 54.6 Å². The predicted molar refractivity (Wildman–Crippen MR) is 131 cm³/mol. The zero-order chi connectivity index (χ0) is 23.9. The molecule has 0 saturated carbocycles. The van der Waals surface area contributed by atoms with Gasteiger partial charge in [0.2, 0.25) is 17.7 Å². The Bertz CT molecular complexity index is 1060. The van der Waals surface area contributed by atoms with E-state index < -0.39 is 0 Å². The molecule has 8 nitrogen and oxygen atoms in total. The Morgan fingerprint density at radius 2 is 1.74 bits per heavy atom. The minimum absolute atomic E-state index is 0.0271. The highest BCUT2D eigenvalue weighted by Gasteiger charge is 2.23. The Balaban J connectivity index is 1.23. The van der Waals surface area contributed by atoms with Crippen LogP contribution in [-0.4, -0.2) is 53.0 Å². The van der Waals surface area contributed by atoms with Crippen LogP contribution in [0.5, 0.6) is 0 Å². The van der Waals surface area contributed by atoms with Gasteiger partial charge in [-0.1, -0.05) is 42.5 Å². The number of nitrogens with one attached hydrogen (secondary N) is 1. The van der Waals surface area contributed by atoms with Gasteiger partial charge >= 0.3 is 0 Å². The van der Waals surface area contributed by atoms with Gasteiger partial charge in [0.25, 0.3) is 0 Å². The number of nitrogens with zero attached hydrogens (tertiary/aromatic N) is 3. The molecule has 0 unspecified atom stereocenters. The van der Waals surface area contributed by atoms with E-state index in [-0.39, 0.29) is 36.5 Å². The van der Waals surface area contributed by atoms with Gasteiger partial charge in [0, 0.05) is 37.4 Å². The number of hydrazone groups is 1. The van der Waals surface area contributed by atoms with Gasteiger partial charge in [-0.2, -0.15) is 5.10 Å². The molecule has 0 spiro atoms. The van der Waals surface area contributed by atoms with Crippen molar-refractivity contribution in [3.8, 4) is 0 Å². The monoisotopic (exact) mass is 461 g/mol. The molecule has 178 valence electrons. The van der Waals surface area contributed by atoms with E-state index in [4.69, 9.17) is 5.73 Å². The molecule has 1 saturated heterocycles. The maximum absolute atomic E-state index is 12.5. The molecular weight excluding hydrogens is 430 g/mol. The molecule has 0 bridgehead atoms. The molecule has 0 aromatic heterocycles. The molecule has 0 aliphatic carbocycles. The fourth-order valence-corrected chi connectivity index (χ4v) is 4.42. The van der Waals surface area contributed by atoms with Crippen molar-refractivity contribution < 1.29 is 14.4 Å². The Hall–Kier alpha value is -3.52. The van der Waals surface area contributed by atoms with Crippen molar-refractivity contribution in [2.24, 2.45) is 16.8 Å². The second-order valence-corrected chi connectivity index (χ2v) is 8.88. The SMILES string of the molecule is NC(=O)C1CCN(Cc2cccc(NC(=O)CCC(=O)N3CCC(c4ccccc4)=N3)c2)CC1. The number of likely N-dealkylation sites (tertiary alicyclic amines) is 1. The van der Waals surface area contributed by atoms with Gasteiger partial charge in [0.1, 0.15) is 0 Å². The summed E-state index contributed by atoms with van der Waals surface area (Å²) in [4.78, 5) is 38.6. The van der Waals surface area contributed by atoms with E-state index in [0.717, 1.165) is 55.7 Å².